The summed E-state index contributed by atoms with van der Waals surface area (Å²) in [4.78, 5) is 2.50. The molecule has 0 aromatic rings. The Kier molecular flexibility index (Phi) is 4.20. The highest BCUT2D eigenvalue weighted by atomic mass is 15.1. The largest absolute Gasteiger partial charge is 0.330 e. The van der Waals surface area contributed by atoms with Gasteiger partial charge in [-0.3, -0.25) is 0 Å². The standard InChI is InChI=1S/C11H24N2/c1-9(2)7-11-10(8-12)5-4-6-13(11)3/h9-11H,4-8,12H2,1-3H3/t10-,11-/m1/s1. The van der Waals surface area contributed by atoms with Gasteiger partial charge < -0.3 is 10.6 Å². The summed E-state index contributed by atoms with van der Waals surface area (Å²) >= 11 is 0. The van der Waals surface area contributed by atoms with Crippen molar-refractivity contribution >= 4 is 0 Å². The van der Waals surface area contributed by atoms with Gasteiger partial charge >= 0.3 is 0 Å². The summed E-state index contributed by atoms with van der Waals surface area (Å²) in [7, 11) is 2.24. The van der Waals surface area contributed by atoms with Crippen LogP contribution in [0.5, 0.6) is 0 Å². The molecular formula is C11H24N2. The van der Waals surface area contributed by atoms with Crippen molar-refractivity contribution < 1.29 is 0 Å². The number of piperidine rings is 1. The van der Waals surface area contributed by atoms with Gasteiger partial charge in [-0.1, -0.05) is 13.8 Å². The molecule has 0 aromatic carbocycles. The summed E-state index contributed by atoms with van der Waals surface area (Å²) in [6.07, 6.45) is 3.96. The smallest absolute Gasteiger partial charge is 0.0135 e. The van der Waals surface area contributed by atoms with Crippen LogP contribution in [0.15, 0.2) is 0 Å². The quantitative estimate of drug-likeness (QED) is 0.723. The van der Waals surface area contributed by atoms with Crippen molar-refractivity contribution in [2.24, 2.45) is 17.6 Å². The number of likely N-dealkylation sites (tertiary alicyclic amines) is 1. The third-order valence-electron chi connectivity index (χ3n) is 3.21. The van der Waals surface area contributed by atoms with E-state index in [9.17, 15) is 0 Å². The van der Waals surface area contributed by atoms with Crippen molar-refractivity contribution in [3.8, 4) is 0 Å². The second-order valence-electron chi connectivity index (χ2n) is 4.82. The van der Waals surface area contributed by atoms with Gasteiger partial charge in [0.2, 0.25) is 0 Å². The van der Waals surface area contributed by atoms with Crippen LogP contribution in [0.3, 0.4) is 0 Å². The fraction of sp³-hybridized carbons (Fsp3) is 1.00. The Hall–Kier alpha value is -0.0800. The van der Waals surface area contributed by atoms with E-state index >= 15 is 0 Å². The molecule has 0 unspecified atom stereocenters. The Morgan fingerprint density at radius 1 is 1.46 bits per heavy atom. The van der Waals surface area contributed by atoms with Crippen molar-refractivity contribution in [2.75, 3.05) is 20.1 Å². The first kappa shape index (κ1) is 11.0. The molecule has 2 N–H and O–H groups in total. The first-order valence-corrected chi connectivity index (χ1v) is 5.55. The normalized spacial score (nSPS) is 31.2. The molecule has 1 heterocycles. The minimum Gasteiger partial charge on any atom is -0.330 e. The Bertz CT molecular complexity index is 145. The Morgan fingerprint density at radius 3 is 2.69 bits per heavy atom. The highest BCUT2D eigenvalue weighted by Crippen LogP contribution is 2.26. The van der Waals surface area contributed by atoms with Crippen LogP contribution >= 0.6 is 0 Å². The van der Waals surface area contributed by atoms with E-state index in [1.54, 1.807) is 0 Å². The van der Waals surface area contributed by atoms with Gasteiger partial charge in [0.15, 0.2) is 0 Å². The number of hydrogen-bond acceptors (Lipinski definition) is 2. The number of nitrogens with zero attached hydrogens (tertiary/aromatic N) is 1. The van der Waals surface area contributed by atoms with E-state index in [-0.39, 0.29) is 0 Å². The van der Waals surface area contributed by atoms with Crippen LogP contribution in [-0.4, -0.2) is 31.1 Å². The summed E-state index contributed by atoms with van der Waals surface area (Å²) in [5.41, 5.74) is 5.80. The van der Waals surface area contributed by atoms with Gasteiger partial charge in [0.05, 0.1) is 0 Å². The van der Waals surface area contributed by atoms with Crippen molar-refractivity contribution in [2.45, 2.75) is 39.2 Å². The molecule has 2 nitrogen and oxygen atoms in total. The van der Waals surface area contributed by atoms with Gasteiger partial charge in [0, 0.05) is 6.04 Å². The predicted molar refractivity (Wildman–Crippen MR) is 57.7 cm³/mol. The molecule has 13 heavy (non-hydrogen) atoms. The average Bonchev–Trinajstić information content (AvgIpc) is 2.08. The summed E-state index contributed by atoms with van der Waals surface area (Å²) in [5.74, 6) is 1.53. The van der Waals surface area contributed by atoms with Gasteiger partial charge in [0.1, 0.15) is 0 Å². The first-order chi connectivity index (χ1) is 6.15. The molecule has 1 rings (SSSR count). The van der Waals surface area contributed by atoms with Crippen LogP contribution in [0, 0.1) is 11.8 Å². The van der Waals surface area contributed by atoms with Crippen molar-refractivity contribution in [3.63, 3.8) is 0 Å². The fourth-order valence-electron chi connectivity index (χ4n) is 2.45. The van der Waals surface area contributed by atoms with E-state index in [4.69, 9.17) is 5.73 Å². The van der Waals surface area contributed by atoms with Crippen LogP contribution in [0.25, 0.3) is 0 Å². The minimum absolute atomic E-state index is 0.735. The topological polar surface area (TPSA) is 29.3 Å². The van der Waals surface area contributed by atoms with E-state index in [1.165, 1.54) is 25.8 Å². The van der Waals surface area contributed by atoms with Crippen LogP contribution in [0.4, 0.5) is 0 Å². The lowest BCUT2D eigenvalue weighted by Crippen LogP contribution is -2.46. The first-order valence-electron chi connectivity index (χ1n) is 5.55. The Morgan fingerprint density at radius 2 is 2.15 bits per heavy atom. The van der Waals surface area contributed by atoms with Gasteiger partial charge in [-0.2, -0.15) is 0 Å². The average molecular weight is 184 g/mol. The van der Waals surface area contributed by atoms with Crippen molar-refractivity contribution in [1.82, 2.24) is 4.90 Å². The van der Waals surface area contributed by atoms with E-state index in [0.29, 0.717) is 0 Å². The van der Waals surface area contributed by atoms with Crippen LogP contribution in [-0.2, 0) is 0 Å². The second kappa shape index (κ2) is 4.97. The molecule has 2 atom stereocenters. The zero-order valence-corrected chi connectivity index (χ0v) is 9.29. The summed E-state index contributed by atoms with van der Waals surface area (Å²) < 4.78 is 0. The van der Waals surface area contributed by atoms with Crippen molar-refractivity contribution in [1.29, 1.82) is 0 Å². The maximum atomic E-state index is 5.80. The zero-order chi connectivity index (χ0) is 9.84. The number of nitrogens with two attached hydrogens (primary N) is 1. The third kappa shape index (κ3) is 2.96. The lowest BCUT2D eigenvalue weighted by molar-refractivity contribution is 0.106. The molecule has 1 saturated heterocycles. The highest BCUT2D eigenvalue weighted by Gasteiger charge is 2.28. The van der Waals surface area contributed by atoms with Gasteiger partial charge in [-0.15, -0.1) is 0 Å². The number of rotatable bonds is 3. The van der Waals surface area contributed by atoms with E-state index in [1.807, 2.05) is 0 Å². The van der Waals surface area contributed by atoms with E-state index in [0.717, 1.165) is 24.4 Å². The Balaban J connectivity index is 2.51. The van der Waals surface area contributed by atoms with Gasteiger partial charge in [0.25, 0.3) is 0 Å². The molecule has 0 spiro atoms. The van der Waals surface area contributed by atoms with Gasteiger partial charge in [-0.25, -0.2) is 0 Å². The third-order valence-corrected chi connectivity index (χ3v) is 3.21. The molecule has 0 saturated carbocycles. The molecule has 1 fully saturated rings. The van der Waals surface area contributed by atoms with Crippen LogP contribution in [0.1, 0.15) is 33.1 Å². The molecule has 0 aromatic heterocycles. The molecule has 0 radical (unpaired) electrons. The predicted octanol–water partition coefficient (Wildman–Crippen LogP) is 1.70. The van der Waals surface area contributed by atoms with E-state index in [2.05, 4.69) is 25.8 Å². The Labute approximate surface area is 82.5 Å². The number of hydrogen-bond donors (Lipinski definition) is 1. The lowest BCUT2D eigenvalue weighted by atomic mass is 9.85. The highest BCUT2D eigenvalue weighted by molar-refractivity contribution is 4.83. The molecule has 1 aliphatic heterocycles. The molecule has 2 heteroatoms. The maximum absolute atomic E-state index is 5.80. The molecule has 0 bridgehead atoms. The molecular weight excluding hydrogens is 160 g/mol. The summed E-state index contributed by atoms with van der Waals surface area (Å²) in [6.45, 7) is 6.72. The zero-order valence-electron chi connectivity index (χ0n) is 9.29. The SMILES string of the molecule is CC(C)C[C@@H]1[C@@H](CN)CCCN1C. The molecule has 1 aliphatic rings. The van der Waals surface area contributed by atoms with Crippen molar-refractivity contribution in [3.05, 3.63) is 0 Å². The fourth-order valence-corrected chi connectivity index (χ4v) is 2.45. The molecule has 0 amide bonds. The van der Waals surface area contributed by atoms with Crippen LogP contribution in [0.2, 0.25) is 0 Å². The second-order valence-corrected chi connectivity index (χ2v) is 4.82. The minimum atomic E-state index is 0.735. The molecule has 78 valence electrons. The lowest BCUT2D eigenvalue weighted by Gasteiger charge is -2.39. The van der Waals surface area contributed by atoms with E-state index < -0.39 is 0 Å². The summed E-state index contributed by atoms with van der Waals surface area (Å²) in [5, 5.41) is 0. The summed E-state index contributed by atoms with van der Waals surface area (Å²) in [6, 6.07) is 0.735. The monoisotopic (exact) mass is 184 g/mol. The maximum Gasteiger partial charge on any atom is 0.0135 e. The molecule has 0 aliphatic carbocycles. The van der Waals surface area contributed by atoms with Gasteiger partial charge in [-0.05, 0) is 51.2 Å². The van der Waals surface area contributed by atoms with Crippen LogP contribution < -0.4 is 5.73 Å².